The van der Waals surface area contributed by atoms with Crippen molar-refractivity contribution < 1.29 is 13.2 Å². The molecule has 21 heavy (non-hydrogen) atoms. The number of sulfonamides is 1. The van der Waals surface area contributed by atoms with Crippen LogP contribution in [-0.4, -0.2) is 36.0 Å². The van der Waals surface area contributed by atoms with Gasteiger partial charge >= 0.3 is 0 Å². The van der Waals surface area contributed by atoms with Gasteiger partial charge in [-0.2, -0.15) is 4.98 Å². The van der Waals surface area contributed by atoms with Crippen molar-refractivity contribution >= 4 is 21.9 Å². The summed E-state index contributed by atoms with van der Waals surface area (Å²) in [7, 11) is -3.37. The summed E-state index contributed by atoms with van der Waals surface area (Å²) in [6, 6.07) is 7.64. The van der Waals surface area contributed by atoms with Crippen LogP contribution in [0, 0.1) is 0 Å². The van der Waals surface area contributed by atoms with E-state index in [-0.39, 0.29) is 17.7 Å². The summed E-state index contributed by atoms with van der Waals surface area (Å²) in [4.78, 5) is 4.06. The normalized spacial score (nSPS) is 17.1. The van der Waals surface area contributed by atoms with Gasteiger partial charge in [0.05, 0.1) is 11.8 Å². The monoisotopic (exact) mass is 309 g/mol. The molecule has 112 valence electrons. The minimum Gasteiger partial charge on any atom is -0.491 e. The van der Waals surface area contributed by atoms with Crippen LogP contribution in [0.1, 0.15) is 18.5 Å². The maximum absolute atomic E-state index is 11.4. The first-order valence-electron chi connectivity index (χ1n) is 6.48. The van der Waals surface area contributed by atoms with Crippen LogP contribution in [-0.2, 0) is 10.0 Å². The van der Waals surface area contributed by atoms with E-state index in [2.05, 4.69) is 25.2 Å². The molecule has 1 aromatic carbocycles. The van der Waals surface area contributed by atoms with Crippen LogP contribution in [0.25, 0.3) is 0 Å². The summed E-state index contributed by atoms with van der Waals surface area (Å²) in [6.07, 6.45) is 0. The fraction of sp³-hybridized carbons (Fsp3) is 0.333. The first kappa shape index (κ1) is 13.7. The molecule has 3 rings (SSSR count). The van der Waals surface area contributed by atoms with E-state index >= 15 is 0 Å². The molecular formula is C12H15N5O3S. The maximum atomic E-state index is 11.4. The van der Waals surface area contributed by atoms with Crippen molar-refractivity contribution in [2.24, 2.45) is 0 Å². The number of aromatic nitrogens is 3. The minimum atomic E-state index is -3.37. The van der Waals surface area contributed by atoms with Crippen LogP contribution in [0.5, 0.6) is 5.75 Å². The standard InChI is InChI=1S/C12H15N5O3S/c1-2-21(18,19)17-12-14-11(15-16-12)13-9-7-20-10-6-4-3-5-8(9)10/h3-6,9H,2,7H2,1H3,(H3,13,14,15,16,17). The quantitative estimate of drug-likeness (QED) is 0.763. The lowest BCUT2D eigenvalue weighted by atomic mass is 10.1. The number of aromatic amines is 1. The van der Waals surface area contributed by atoms with Crippen molar-refractivity contribution in [3.8, 4) is 5.75 Å². The molecule has 0 bridgehead atoms. The highest BCUT2D eigenvalue weighted by atomic mass is 32.2. The zero-order valence-corrected chi connectivity index (χ0v) is 12.1. The Kier molecular flexibility index (Phi) is 3.42. The summed E-state index contributed by atoms with van der Waals surface area (Å²) in [5.74, 6) is 1.21. The third-order valence-electron chi connectivity index (χ3n) is 3.12. The van der Waals surface area contributed by atoms with Gasteiger partial charge in [-0.25, -0.2) is 13.5 Å². The number of hydrogen-bond acceptors (Lipinski definition) is 6. The van der Waals surface area contributed by atoms with Gasteiger partial charge < -0.3 is 10.1 Å². The van der Waals surface area contributed by atoms with E-state index < -0.39 is 10.0 Å². The molecular weight excluding hydrogens is 294 g/mol. The molecule has 1 aliphatic rings. The number of nitrogens with zero attached hydrogens (tertiary/aromatic N) is 2. The third-order valence-corrected chi connectivity index (χ3v) is 4.39. The van der Waals surface area contributed by atoms with E-state index in [1.165, 1.54) is 0 Å². The van der Waals surface area contributed by atoms with Crippen LogP contribution >= 0.6 is 0 Å². The second-order valence-electron chi connectivity index (χ2n) is 4.56. The molecule has 2 heterocycles. The van der Waals surface area contributed by atoms with Crippen LogP contribution in [0.4, 0.5) is 11.9 Å². The van der Waals surface area contributed by atoms with Gasteiger partial charge in [0.1, 0.15) is 12.4 Å². The largest absolute Gasteiger partial charge is 0.491 e. The average molecular weight is 309 g/mol. The smallest absolute Gasteiger partial charge is 0.244 e. The molecule has 1 aromatic heterocycles. The number of rotatable bonds is 5. The highest BCUT2D eigenvalue weighted by molar-refractivity contribution is 7.92. The zero-order chi connectivity index (χ0) is 14.9. The number of ether oxygens (including phenoxy) is 1. The van der Waals surface area contributed by atoms with Crippen LogP contribution in [0.3, 0.4) is 0 Å². The highest BCUT2D eigenvalue weighted by Crippen LogP contribution is 2.33. The number of para-hydroxylation sites is 1. The molecule has 0 saturated carbocycles. The molecule has 3 N–H and O–H groups in total. The molecule has 1 aliphatic heterocycles. The minimum absolute atomic E-state index is 0.0275. The Hall–Kier alpha value is -2.29. The topological polar surface area (TPSA) is 109 Å². The van der Waals surface area contributed by atoms with E-state index in [1.807, 2.05) is 24.3 Å². The van der Waals surface area contributed by atoms with E-state index in [1.54, 1.807) is 6.92 Å². The van der Waals surface area contributed by atoms with Gasteiger partial charge in [-0.05, 0) is 13.0 Å². The average Bonchev–Trinajstić information content (AvgIpc) is 3.07. The molecule has 0 saturated heterocycles. The fourth-order valence-electron chi connectivity index (χ4n) is 2.03. The number of nitrogens with one attached hydrogen (secondary N) is 3. The number of hydrogen-bond donors (Lipinski definition) is 3. The van der Waals surface area contributed by atoms with E-state index in [0.717, 1.165) is 11.3 Å². The van der Waals surface area contributed by atoms with Crippen molar-refractivity contribution in [2.45, 2.75) is 13.0 Å². The Morgan fingerprint density at radius 2 is 2.24 bits per heavy atom. The first-order valence-corrected chi connectivity index (χ1v) is 8.14. The van der Waals surface area contributed by atoms with Crippen LogP contribution < -0.4 is 14.8 Å². The molecule has 8 nitrogen and oxygen atoms in total. The van der Waals surface area contributed by atoms with Crippen LogP contribution in [0.2, 0.25) is 0 Å². The Balaban J connectivity index is 1.71. The van der Waals surface area contributed by atoms with Gasteiger partial charge in [0.15, 0.2) is 0 Å². The third kappa shape index (κ3) is 2.92. The molecule has 0 radical (unpaired) electrons. The van der Waals surface area contributed by atoms with Gasteiger partial charge in [-0.3, -0.25) is 4.72 Å². The number of fused-ring (bicyclic) bond motifs is 1. The Labute approximate surface area is 122 Å². The first-order chi connectivity index (χ1) is 10.1. The molecule has 0 amide bonds. The second kappa shape index (κ2) is 5.24. The number of anilines is 2. The molecule has 1 atom stereocenters. The lowest BCUT2D eigenvalue weighted by Gasteiger charge is -2.08. The number of benzene rings is 1. The molecule has 2 aromatic rings. The summed E-state index contributed by atoms with van der Waals surface area (Å²) in [6.45, 7) is 2.02. The highest BCUT2D eigenvalue weighted by Gasteiger charge is 2.24. The summed E-state index contributed by atoms with van der Waals surface area (Å²) < 4.78 is 30.7. The van der Waals surface area contributed by atoms with Crippen molar-refractivity contribution in [1.82, 2.24) is 15.2 Å². The van der Waals surface area contributed by atoms with Gasteiger partial charge in [0.25, 0.3) is 0 Å². The summed E-state index contributed by atoms with van der Waals surface area (Å²) >= 11 is 0. The van der Waals surface area contributed by atoms with Crippen molar-refractivity contribution in [3.05, 3.63) is 29.8 Å². The van der Waals surface area contributed by atoms with E-state index in [0.29, 0.717) is 12.6 Å². The Morgan fingerprint density at radius 3 is 3.05 bits per heavy atom. The van der Waals surface area contributed by atoms with Gasteiger partial charge in [0.2, 0.25) is 21.9 Å². The zero-order valence-electron chi connectivity index (χ0n) is 11.3. The van der Waals surface area contributed by atoms with Gasteiger partial charge in [-0.15, -0.1) is 5.10 Å². The molecule has 0 aliphatic carbocycles. The molecule has 0 spiro atoms. The SMILES string of the molecule is CCS(=O)(=O)Nc1nc(NC2COc3ccccc32)n[nH]1. The maximum Gasteiger partial charge on any atom is 0.244 e. The number of H-pyrrole nitrogens is 1. The Bertz CT molecular complexity index is 743. The predicted octanol–water partition coefficient (Wildman–Crippen LogP) is 1.11. The van der Waals surface area contributed by atoms with Gasteiger partial charge in [-0.1, -0.05) is 18.2 Å². The summed E-state index contributed by atoms with van der Waals surface area (Å²) in [5, 5.41) is 9.59. The van der Waals surface area contributed by atoms with Crippen LogP contribution in [0.15, 0.2) is 24.3 Å². The second-order valence-corrected chi connectivity index (χ2v) is 6.57. The Morgan fingerprint density at radius 1 is 1.43 bits per heavy atom. The lowest BCUT2D eigenvalue weighted by Crippen LogP contribution is -2.16. The molecule has 0 fully saturated rings. The molecule has 1 unspecified atom stereocenters. The van der Waals surface area contributed by atoms with Crippen molar-refractivity contribution in [2.75, 3.05) is 22.4 Å². The summed E-state index contributed by atoms with van der Waals surface area (Å²) in [5.41, 5.74) is 1.03. The fourth-order valence-corrected chi connectivity index (χ4v) is 2.56. The van der Waals surface area contributed by atoms with Crippen molar-refractivity contribution in [1.29, 1.82) is 0 Å². The van der Waals surface area contributed by atoms with E-state index in [9.17, 15) is 8.42 Å². The van der Waals surface area contributed by atoms with Crippen molar-refractivity contribution in [3.63, 3.8) is 0 Å². The van der Waals surface area contributed by atoms with E-state index in [4.69, 9.17) is 4.74 Å². The van der Waals surface area contributed by atoms with Gasteiger partial charge in [0, 0.05) is 5.56 Å². The predicted molar refractivity (Wildman–Crippen MR) is 77.8 cm³/mol. The lowest BCUT2D eigenvalue weighted by molar-refractivity contribution is 0.339. The molecule has 9 heteroatoms.